The first-order valence-electron chi connectivity index (χ1n) is 4.72. The van der Waals surface area contributed by atoms with Gasteiger partial charge in [-0.3, -0.25) is 0 Å². The van der Waals surface area contributed by atoms with Crippen molar-refractivity contribution in [2.75, 3.05) is 7.05 Å². The van der Waals surface area contributed by atoms with E-state index in [2.05, 4.69) is 43.4 Å². The first-order chi connectivity index (χ1) is 6.66. The van der Waals surface area contributed by atoms with Crippen LogP contribution in [0.25, 0.3) is 0 Å². The Morgan fingerprint density at radius 1 is 1.29 bits per heavy atom. The maximum absolute atomic E-state index is 5.35. The Labute approximate surface area is 92.7 Å². The minimum absolute atomic E-state index is 0.356. The molecule has 1 aromatic rings. The minimum Gasteiger partial charge on any atom is -0.379 e. The van der Waals surface area contributed by atoms with Gasteiger partial charge in [-0.15, -0.1) is 0 Å². The van der Waals surface area contributed by atoms with Gasteiger partial charge in [0, 0.05) is 7.05 Å². The summed E-state index contributed by atoms with van der Waals surface area (Å²) >= 11 is 5.35. The molecular formula is C11H16NPS. The highest BCUT2D eigenvalue weighted by Crippen LogP contribution is 2.40. The van der Waals surface area contributed by atoms with E-state index < -0.39 is 0 Å². The summed E-state index contributed by atoms with van der Waals surface area (Å²) in [4.78, 5) is 0. The summed E-state index contributed by atoms with van der Waals surface area (Å²) in [6.07, 6.45) is 0. The van der Waals surface area contributed by atoms with Gasteiger partial charge in [-0.05, 0) is 18.9 Å². The number of hydrogen-bond donors (Lipinski definition) is 1. The molecule has 1 unspecified atom stereocenters. The van der Waals surface area contributed by atoms with Crippen LogP contribution in [0.1, 0.15) is 13.8 Å². The zero-order chi connectivity index (χ0) is 10.6. The van der Waals surface area contributed by atoms with E-state index in [1.54, 1.807) is 0 Å². The standard InChI is InChI=1S/C11H16NPS/c1-9(2)13(11(14)12-3)10-7-5-4-6-8-10/h4-9H,1-3H3,(H,12,14). The van der Waals surface area contributed by atoms with Crippen LogP contribution in [-0.4, -0.2) is 17.4 Å². The summed E-state index contributed by atoms with van der Waals surface area (Å²) in [5.41, 5.74) is 0.590. The molecule has 3 heteroatoms. The Balaban J connectivity index is 2.95. The summed E-state index contributed by atoms with van der Waals surface area (Å²) in [6, 6.07) is 10.5. The van der Waals surface area contributed by atoms with Crippen molar-refractivity contribution in [3.8, 4) is 0 Å². The first kappa shape index (κ1) is 11.6. The Kier molecular flexibility index (Phi) is 4.50. The predicted octanol–water partition coefficient (Wildman–Crippen LogP) is 2.71. The fraction of sp³-hybridized carbons (Fsp3) is 0.364. The van der Waals surface area contributed by atoms with Gasteiger partial charge >= 0.3 is 0 Å². The second kappa shape index (κ2) is 5.43. The second-order valence-corrected chi connectivity index (χ2v) is 6.80. The summed E-state index contributed by atoms with van der Waals surface area (Å²) < 4.78 is 0.987. The Bertz CT molecular complexity index is 297. The first-order valence-corrected chi connectivity index (χ1v) is 6.54. The van der Waals surface area contributed by atoms with Gasteiger partial charge in [0.05, 0.1) is 0 Å². The van der Waals surface area contributed by atoms with Crippen LogP contribution in [0.4, 0.5) is 0 Å². The highest BCUT2D eigenvalue weighted by molar-refractivity contribution is 8.01. The Hall–Kier alpha value is -0.460. The molecule has 76 valence electrons. The molecule has 1 rings (SSSR count). The molecule has 0 spiro atoms. The van der Waals surface area contributed by atoms with Gasteiger partial charge in [0.1, 0.15) is 4.73 Å². The topological polar surface area (TPSA) is 12.0 Å². The molecule has 1 atom stereocenters. The number of thiocarbonyl (C=S) groups is 1. The fourth-order valence-corrected chi connectivity index (χ4v) is 4.34. The molecule has 0 heterocycles. The van der Waals surface area contributed by atoms with E-state index in [1.807, 2.05) is 13.1 Å². The van der Waals surface area contributed by atoms with Crippen LogP contribution in [0.2, 0.25) is 0 Å². The highest BCUT2D eigenvalue weighted by atomic mass is 32.1. The molecule has 0 radical (unpaired) electrons. The lowest BCUT2D eigenvalue weighted by Crippen LogP contribution is -2.22. The van der Waals surface area contributed by atoms with Gasteiger partial charge in [-0.25, -0.2) is 0 Å². The molecule has 0 bridgehead atoms. The van der Waals surface area contributed by atoms with E-state index in [9.17, 15) is 0 Å². The van der Waals surface area contributed by atoms with Crippen molar-refractivity contribution in [3.05, 3.63) is 30.3 Å². The maximum atomic E-state index is 5.35. The third kappa shape index (κ3) is 2.76. The Morgan fingerprint density at radius 3 is 2.29 bits per heavy atom. The van der Waals surface area contributed by atoms with Gasteiger partial charge in [-0.2, -0.15) is 0 Å². The van der Waals surface area contributed by atoms with Crippen LogP contribution in [-0.2, 0) is 0 Å². The molecule has 0 aliphatic rings. The van der Waals surface area contributed by atoms with Crippen molar-refractivity contribution in [1.29, 1.82) is 0 Å². The molecule has 1 aromatic carbocycles. The zero-order valence-corrected chi connectivity index (χ0v) is 10.5. The number of hydrogen-bond acceptors (Lipinski definition) is 1. The molecule has 14 heavy (non-hydrogen) atoms. The average Bonchev–Trinajstić information content (AvgIpc) is 2.19. The summed E-state index contributed by atoms with van der Waals surface area (Å²) in [5.74, 6) is 0. The second-order valence-electron chi connectivity index (χ2n) is 3.35. The van der Waals surface area contributed by atoms with Crippen LogP contribution in [0.5, 0.6) is 0 Å². The van der Waals surface area contributed by atoms with Gasteiger partial charge in [-0.1, -0.05) is 56.4 Å². The molecule has 0 saturated heterocycles. The highest BCUT2D eigenvalue weighted by Gasteiger charge is 2.18. The SMILES string of the molecule is CNC(=S)P(c1ccccc1)C(C)C. The van der Waals surface area contributed by atoms with E-state index in [0.717, 1.165) is 4.73 Å². The molecule has 0 amide bonds. The van der Waals surface area contributed by atoms with Gasteiger partial charge < -0.3 is 5.32 Å². The Morgan fingerprint density at radius 2 is 1.86 bits per heavy atom. The zero-order valence-electron chi connectivity index (χ0n) is 8.82. The van der Waals surface area contributed by atoms with E-state index in [4.69, 9.17) is 12.2 Å². The quantitative estimate of drug-likeness (QED) is 0.627. The molecule has 1 nitrogen and oxygen atoms in total. The minimum atomic E-state index is -0.356. The van der Waals surface area contributed by atoms with Crippen LogP contribution in [0.15, 0.2) is 30.3 Å². The van der Waals surface area contributed by atoms with Crippen molar-refractivity contribution < 1.29 is 0 Å². The van der Waals surface area contributed by atoms with Crippen LogP contribution in [0, 0.1) is 0 Å². The summed E-state index contributed by atoms with van der Waals surface area (Å²) in [7, 11) is 1.55. The largest absolute Gasteiger partial charge is 0.379 e. The summed E-state index contributed by atoms with van der Waals surface area (Å²) in [6.45, 7) is 4.45. The van der Waals surface area contributed by atoms with Gasteiger partial charge in [0.15, 0.2) is 0 Å². The lowest BCUT2D eigenvalue weighted by atomic mass is 10.4. The molecule has 0 aliphatic carbocycles. The smallest absolute Gasteiger partial charge is 0.103 e. The predicted molar refractivity (Wildman–Crippen MR) is 69.8 cm³/mol. The monoisotopic (exact) mass is 225 g/mol. The van der Waals surface area contributed by atoms with Crippen molar-refractivity contribution in [1.82, 2.24) is 5.32 Å². The number of rotatable bonds is 3. The van der Waals surface area contributed by atoms with E-state index >= 15 is 0 Å². The third-order valence-electron chi connectivity index (χ3n) is 1.98. The fourth-order valence-electron chi connectivity index (χ4n) is 1.36. The van der Waals surface area contributed by atoms with E-state index in [-0.39, 0.29) is 7.92 Å². The third-order valence-corrected chi connectivity index (χ3v) is 5.33. The van der Waals surface area contributed by atoms with Gasteiger partial charge in [0.2, 0.25) is 0 Å². The summed E-state index contributed by atoms with van der Waals surface area (Å²) in [5, 5.41) is 4.46. The van der Waals surface area contributed by atoms with Crippen molar-refractivity contribution in [2.24, 2.45) is 0 Å². The van der Waals surface area contributed by atoms with Crippen LogP contribution >= 0.6 is 20.1 Å². The molecule has 0 aliphatic heterocycles. The number of nitrogens with one attached hydrogen (secondary N) is 1. The van der Waals surface area contributed by atoms with E-state index in [1.165, 1.54) is 5.30 Å². The van der Waals surface area contributed by atoms with Gasteiger partial charge in [0.25, 0.3) is 0 Å². The van der Waals surface area contributed by atoms with Crippen LogP contribution in [0.3, 0.4) is 0 Å². The average molecular weight is 225 g/mol. The molecule has 0 aromatic heterocycles. The van der Waals surface area contributed by atoms with Crippen LogP contribution < -0.4 is 10.6 Å². The van der Waals surface area contributed by atoms with Crippen molar-refractivity contribution in [2.45, 2.75) is 19.5 Å². The van der Waals surface area contributed by atoms with E-state index in [0.29, 0.717) is 5.66 Å². The normalized spacial score (nSPS) is 12.6. The lowest BCUT2D eigenvalue weighted by molar-refractivity contribution is 1.10. The molecule has 0 saturated carbocycles. The van der Waals surface area contributed by atoms with Crippen molar-refractivity contribution >= 4 is 30.2 Å². The lowest BCUT2D eigenvalue weighted by Gasteiger charge is -2.22. The molecule has 0 fully saturated rings. The van der Waals surface area contributed by atoms with Crippen molar-refractivity contribution in [3.63, 3.8) is 0 Å². The maximum Gasteiger partial charge on any atom is 0.103 e. The number of benzene rings is 1. The molecular weight excluding hydrogens is 209 g/mol. The molecule has 1 N–H and O–H groups in total.